The Labute approximate surface area is 148 Å². The molecule has 130 valence electrons. The van der Waals surface area contributed by atoms with Gasteiger partial charge in [0.25, 0.3) is 5.91 Å². The number of fused-ring (bicyclic) bond motifs is 1. The summed E-state index contributed by atoms with van der Waals surface area (Å²) in [6.45, 7) is 3.05. The molecule has 5 heteroatoms. The number of nitrogens with one attached hydrogen (secondary N) is 1. The number of rotatable bonds is 5. The van der Waals surface area contributed by atoms with Crippen molar-refractivity contribution in [3.8, 4) is 5.75 Å². The highest BCUT2D eigenvalue weighted by molar-refractivity contribution is 6.01. The van der Waals surface area contributed by atoms with Gasteiger partial charge in [-0.05, 0) is 43.5 Å². The van der Waals surface area contributed by atoms with E-state index in [9.17, 15) is 4.79 Å². The van der Waals surface area contributed by atoms with Gasteiger partial charge in [0.15, 0.2) is 0 Å². The molecule has 1 aliphatic heterocycles. The summed E-state index contributed by atoms with van der Waals surface area (Å²) < 4.78 is 5.33. The number of aryl methyl sites for hydroxylation is 1. The number of carbonyl (C=O) groups excluding carboxylic acids is 1. The number of anilines is 1. The van der Waals surface area contributed by atoms with Gasteiger partial charge < -0.3 is 9.64 Å². The number of amides is 1. The normalized spacial score (nSPS) is 14.0. The fraction of sp³-hybridized carbons (Fsp3) is 0.300. The highest BCUT2D eigenvalue weighted by Crippen LogP contribution is 2.26. The van der Waals surface area contributed by atoms with Crippen LogP contribution in [0.5, 0.6) is 5.75 Å². The lowest BCUT2D eigenvalue weighted by molar-refractivity contribution is -0.119. The molecular formula is C20H23N3O2. The molecule has 0 saturated heterocycles. The highest BCUT2D eigenvalue weighted by Gasteiger charge is 2.18. The average molecular weight is 337 g/mol. The maximum absolute atomic E-state index is 12.3. The van der Waals surface area contributed by atoms with E-state index in [4.69, 9.17) is 4.74 Å². The topological polar surface area (TPSA) is 53.9 Å². The van der Waals surface area contributed by atoms with Crippen LogP contribution in [0.2, 0.25) is 0 Å². The first-order valence-electron chi connectivity index (χ1n) is 8.48. The Bertz CT molecular complexity index is 786. The molecule has 0 aliphatic carbocycles. The molecule has 0 saturated carbocycles. The molecule has 2 aromatic carbocycles. The van der Waals surface area contributed by atoms with Gasteiger partial charge in [0, 0.05) is 17.8 Å². The Kier molecular flexibility index (Phi) is 5.33. The minimum Gasteiger partial charge on any atom is -0.496 e. The minimum absolute atomic E-state index is 0.119. The van der Waals surface area contributed by atoms with Gasteiger partial charge in [-0.15, -0.1) is 0 Å². The predicted octanol–water partition coefficient (Wildman–Crippen LogP) is 2.99. The zero-order chi connectivity index (χ0) is 17.6. The molecule has 0 atom stereocenters. The smallest absolute Gasteiger partial charge is 0.259 e. The van der Waals surface area contributed by atoms with Crippen molar-refractivity contribution in [3.05, 3.63) is 59.7 Å². The number of benzene rings is 2. The van der Waals surface area contributed by atoms with Gasteiger partial charge in [-0.1, -0.05) is 30.3 Å². The van der Waals surface area contributed by atoms with Crippen LogP contribution in [0.1, 0.15) is 24.5 Å². The first kappa shape index (κ1) is 17.0. The minimum atomic E-state index is -0.119. The second-order valence-electron chi connectivity index (χ2n) is 6.09. The average Bonchev–Trinajstić information content (AvgIpc) is 2.66. The lowest BCUT2D eigenvalue weighted by Crippen LogP contribution is -2.38. The lowest BCUT2D eigenvalue weighted by Gasteiger charge is -2.30. The molecule has 0 radical (unpaired) electrons. The van der Waals surface area contributed by atoms with Crippen molar-refractivity contribution >= 4 is 17.3 Å². The van der Waals surface area contributed by atoms with Gasteiger partial charge in [0.1, 0.15) is 5.75 Å². The first-order chi connectivity index (χ1) is 12.2. The number of hydrogen-bond acceptors (Lipinski definition) is 4. The molecule has 1 amide bonds. The van der Waals surface area contributed by atoms with Crippen LogP contribution < -0.4 is 15.1 Å². The molecule has 0 spiro atoms. The van der Waals surface area contributed by atoms with Gasteiger partial charge in [-0.2, -0.15) is 5.10 Å². The molecule has 5 nitrogen and oxygen atoms in total. The Morgan fingerprint density at radius 2 is 1.96 bits per heavy atom. The number of nitrogens with zero attached hydrogens (tertiary/aromatic N) is 2. The number of hydrogen-bond donors (Lipinski definition) is 1. The SMILES string of the molecule is COc1ccccc1/C(C)=N/NC(=O)CN1CCCc2ccccc21. The summed E-state index contributed by atoms with van der Waals surface area (Å²) in [6, 6.07) is 15.9. The van der Waals surface area contributed by atoms with Crippen molar-refractivity contribution in [1.29, 1.82) is 0 Å². The van der Waals surface area contributed by atoms with E-state index >= 15 is 0 Å². The molecule has 0 bridgehead atoms. The van der Waals surface area contributed by atoms with Crippen LogP contribution >= 0.6 is 0 Å². The van der Waals surface area contributed by atoms with Crippen molar-refractivity contribution in [2.24, 2.45) is 5.10 Å². The summed E-state index contributed by atoms with van der Waals surface area (Å²) in [5.74, 6) is 0.619. The van der Waals surface area contributed by atoms with Crippen molar-refractivity contribution < 1.29 is 9.53 Å². The maximum atomic E-state index is 12.3. The number of methoxy groups -OCH3 is 1. The molecule has 0 unspecified atom stereocenters. The third-order valence-corrected chi connectivity index (χ3v) is 4.39. The summed E-state index contributed by atoms with van der Waals surface area (Å²) in [7, 11) is 1.62. The third kappa shape index (κ3) is 3.99. The van der Waals surface area contributed by atoms with E-state index in [1.54, 1.807) is 7.11 Å². The van der Waals surface area contributed by atoms with E-state index in [1.165, 1.54) is 5.56 Å². The monoisotopic (exact) mass is 337 g/mol. The van der Waals surface area contributed by atoms with E-state index < -0.39 is 0 Å². The second kappa shape index (κ2) is 7.83. The quantitative estimate of drug-likeness (QED) is 0.674. The van der Waals surface area contributed by atoms with Crippen molar-refractivity contribution in [2.75, 3.05) is 25.1 Å². The molecule has 25 heavy (non-hydrogen) atoms. The van der Waals surface area contributed by atoms with Crippen LogP contribution in [0.3, 0.4) is 0 Å². The number of para-hydroxylation sites is 2. The zero-order valence-electron chi connectivity index (χ0n) is 14.7. The Balaban J connectivity index is 1.65. The van der Waals surface area contributed by atoms with Crippen LogP contribution in [0, 0.1) is 0 Å². The number of ether oxygens (including phenoxy) is 1. The van der Waals surface area contributed by atoms with E-state index in [-0.39, 0.29) is 5.91 Å². The van der Waals surface area contributed by atoms with E-state index in [0.29, 0.717) is 12.3 Å². The Morgan fingerprint density at radius 1 is 1.20 bits per heavy atom. The fourth-order valence-electron chi connectivity index (χ4n) is 3.13. The fourth-order valence-corrected chi connectivity index (χ4v) is 3.13. The van der Waals surface area contributed by atoms with Gasteiger partial charge in [-0.25, -0.2) is 5.43 Å². The van der Waals surface area contributed by atoms with Crippen LogP contribution in [-0.4, -0.2) is 31.8 Å². The van der Waals surface area contributed by atoms with Gasteiger partial charge in [0.2, 0.25) is 0 Å². The Hall–Kier alpha value is -2.82. The maximum Gasteiger partial charge on any atom is 0.259 e. The van der Waals surface area contributed by atoms with Gasteiger partial charge in [-0.3, -0.25) is 4.79 Å². The molecule has 0 aromatic heterocycles. The van der Waals surface area contributed by atoms with Crippen LogP contribution in [-0.2, 0) is 11.2 Å². The summed E-state index contributed by atoms with van der Waals surface area (Å²) in [5.41, 5.74) is 6.69. The number of hydrazone groups is 1. The predicted molar refractivity (Wildman–Crippen MR) is 100 cm³/mol. The highest BCUT2D eigenvalue weighted by atomic mass is 16.5. The third-order valence-electron chi connectivity index (χ3n) is 4.39. The van der Waals surface area contributed by atoms with Gasteiger partial charge >= 0.3 is 0 Å². The Morgan fingerprint density at radius 3 is 2.80 bits per heavy atom. The lowest BCUT2D eigenvalue weighted by atomic mass is 10.0. The first-order valence-corrected chi connectivity index (χ1v) is 8.48. The second-order valence-corrected chi connectivity index (χ2v) is 6.09. The summed E-state index contributed by atoms with van der Waals surface area (Å²) in [4.78, 5) is 14.4. The molecule has 1 aliphatic rings. The van der Waals surface area contributed by atoms with Crippen LogP contribution in [0.25, 0.3) is 0 Å². The molecule has 3 rings (SSSR count). The standard InChI is InChI=1S/C20H23N3O2/c1-15(17-10-4-6-12-19(17)25-2)21-22-20(24)14-23-13-7-9-16-8-3-5-11-18(16)23/h3-6,8,10-12H,7,9,13-14H2,1-2H3,(H,22,24)/b21-15+. The molecule has 0 fully saturated rings. The van der Waals surface area contributed by atoms with E-state index in [0.717, 1.165) is 36.4 Å². The zero-order valence-corrected chi connectivity index (χ0v) is 14.7. The molecular weight excluding hydrogens is 314 g/mol. The molecule has 2 aromatic rings. The largest absolute Gasteiger partial charge is 0.496 e. The van der Waals surface area contributed by atoms with E-state index in [1.807, 2.05) is 43.3 Å². The van der Waals surface area contributed by atoms with Crippen LogP contribution in [0.4, 0.5) is 5.69 Å². The van der Waals surface area contributed by atoms with Crippen LogP contribution in [0.15, 0.2) is 53.6 Å². The molecule has 1 N–H and O–H groups in total. The number of carbonyl (C=O) groups is 1. The van der Waals surface area contributed by atoms with Crippen molar-refractivity contribution in [3.63, 3.8) is 0 Å². The summed E-state index contributed by atoms with van der Waals surface area (Å²) in [6.07, 6.45) is 2.13. The summed E-state index contributed by atoms with van der Waals surface area (Å²) >= 11 is 0. The van der Waals surface area contributed by atoms with Crippen molar-refractivity contribution in [1.82, 2.24) is 5.43 Å². The summed E-state index contributed by atoms with van der Waals surface area (Å²) in [5, 5.41) is 4.23. The van der Waals surface area contributed by atoms with E-state index in [2.05, 4.69) is 27.6 Å². The van der Waals surface area contributed by atoms with Crippen molar-refractivity contribution in [2.45, 2.75) is 19.8 Å². The van der Waals surface area contributed by atoms with Gasteiger partial charge in [0.05, 0.1) is 19.4 Å². The molecule has 1 heterocycles.